The molecule has 0 radical (unpaired) electrons. The van der Waals surface area contributed by atoms with E-state index in [0.29, 0.717) is 30.2 Å². The van der Waals surface area contributed by atoms with Crippen LogP contribution < -0.4 is 20.1 Å². The van der Waals surface area contributed by atoms with Gasteiger partial charge < -0.3 is 25.0 Å². The summed E-state index contributed by atoms with van der Waals surface area (Å²) in [6.07, 6.45) is 4.56. The van der Waals surface area contributed by atoms with Crippen molar-refractivity contribution in [2.24, 2.45) is 5.73 Å². The Kier molecular flexibility index (Phi) is 4.21. The van der Waals surface area contributed by atoms with Crippen molar-refractivity contribution in [3.05, 3.63) is 70.6 Å². The Morgan fingerprint density at radius 2 is 2.00 bits per heavy atom. The van der Waals surface area contributed by atoms with E-state index in [1.807, 2.05) is 52.3 Å². The van der Waals surface area contributed by atoms with Crippen molar-refractivity contribution in [1.29, 1.82) is 5.26 Å². The Balaban J connectivity index is 1.60. The molecule has 1 atom stereocenters. The molecule has 2 aromatic carbocycles. The number of nitrogens with zero attached hydrogens (tertiary/aromatic N) is 3. The monoisotopic (exact) mass is 440 g/mol. The summed E-state index contributed by atoms with van der Waals surface area (Å²) in [5, 5.41) is 10.3. The lowest BCUT2D eigenvalue weighted by Crippen LogP contribution is -2.47. The molecule has 166 valence electrons. The smallest absolute Gasteiger partial charge is 0.247 e. The van der Waals surface area contributed by atoms with Gasteiger partial charge in [0.05, 0.1) is 5.57 Å². The highest BCUT2D eigenvalue weighted by atomic mass is 16.7. The molecule has 4 aliphatic heterocycles. The quantitative estimate of drug-likeness (QED) is 0.787. The Morgan fingerprint density at radius 3 is 2.79 bits per heavy atom. The van der Waals surface area contributed by atoms with E-state index in [0.717, 1.165) is 53.1 Å². The normalized spacial score (nSPS) is 22.2. The molecule has 1 spiro atoms. The molecule has 0 bridgehead atoms. The summed E-state index contributed by atoms with van der Waals surface area (Å²) in [5.74, 6) is 1.65. The second-order valence-corrected chi connectivity index (χ2v) is 8.80. The highest BCUT2D eigenvalue weighted by Gasteiger charge is 2.56. The first kappa shape index (κ1) is 19.7. The second kappa shape index (κ2) is 7.04. The van der Waals surface area contributed by atoms with Gasteiger partial charge in [0.25, 0.3) is 0 Å². The number of anilines is 1. The van der Waals surface area contributed by atoms with Crippen molar-refractivity contribution < 1.29 is 14.3 Å². The minimum atomic E-state index is -1.24. The molecule has 4 aliphatic rings. The van der Waals surface area contributed by atoms with E-state index in [-0.39, 0.29) is 12.7 Å². The maximum atomic E-state index is 14.1. The van der Waals surface area contributed by atoms with E-state index in [1.54, 1.807) is 0 Å². The van der Waals surface area contributed by atoms with Crippen LogP contribution in [0.1, 0.15) is 36.5 Å². The van der Waals surface area contributed by atoms with Gasteiger partial charge in [-0.25, -0.2) is 0 Å². The number of nitrogens with two attached hydrogens (primary N) is 1. The first-order chi connectivity index (χ1) is 16.1. The van der Waals surface area contributed by atoms with Gasteiger partial charge in [0.2, 0.25) is 12.7 Å². The average molecular weight is 441 g/mol. The SMILES string of the molecule is CCCCN1C(=O)C2(C=C3c4cc5c(cc4CCN3C(N)=C2C#N)OCO5)c2ccccc21. The fraction of sp³-hybridized carbons (Fsp3) is 0.308. The largest absolute Gasteiger partial charge is 0.454 e. The van der Waals surface area contributed by atoms with Gasteiger partial charge in [-0.05, 0) is 42.7 Å². The summed E-state index contributed by atoms with van der Waals surface area (Å²) in [5.41, 5.74) is 10.3. The van der Waals surface area contributed by atoms with Crippen LogP contribution in [-0.4, -0.2) is 30.7 Å². The van der Waals surface area contributed by atoms with Gasteiger partial charge in [-0.15, -0.1) is 0 Å². The molecule has 0 saturated heterocycles. The average Bonchev–Trinajstić information content (AvgIpc) is 3.38. The van der Waals surface area contributed by atoms with E-state index in [9.17, 15) is 10.1 Å². The fourth-order valence-corrected chi connectivity index (χ4v) is 5.49. The molecule has 6 rings (SSSR count). The second-order valence-electron chi connectivity index (χ2n) is 8.80. The number of hydrogen-bond donors (Lipinski definition) is 1. The van der Waals surface area contributed by atoms with Gasteiger partial charge in [0.1, 0.15) is 17.3 Å². The number of carbonyl (C=O) groups excluding carboxylic acids is 1. The van der Waals surface area contributed by atoms with Crippen molar-refractivity contribution in [3.8, 4) is 17.6 Å². The van der Waals surface area contributed by atoms with Crippen molar-refractivity contribution in [2.75, 3.05) is 24.8 Å². The summed E-state index contributed by atoms with van der Waals surface area (Å²) in [4.78, 5) is 17.9. The molecule has 1 amide bonds. The standard InChI is InChI=1S/C26H24N4O3/c1-2-3-9-30-20-7-5-4-6-18(20)26(25(30)31)13-21-17-12-23-22(32-15-33-23)11-16(17)8-10-29(21)24(28)19(26)14-27/h4-7,11-13H,2-3,8-10,15,28H2,1H3. The summed E-state index contributed by atoms with van der Waals surface area (Å²) < 4.78 is 11.2. The Bertz CT molecular complexity index is 1310. The first-order valence-electron chi connectivity index (χ1n) is 11.3. The maximum absolute atomic E-state index is 14.1. The van der Waals surface area contributed by atoms with E-state index in [2.05, 4.69) is 13.0 Å². The maximum Gasteiger partial charge on any atom is 0.247 e. The highest BCUT2D eigenvalue weighted by Crippen LogP contribution is 2.53. The number of nitriles is 1. The Hall–Kier alpha value is -3.92. The molecule has 0 saturated carbocycles. The van der Waals surface area contributed by atoms with Crippen LogP contribution in [0, 0.1) is 11.3 Å². The fourth-order valence-electron chi connectivity index (χ4n) is 5.49. The van der Waals surface area contributed by atoms with Crippen LogP contribution in [0.2, 0.25) is 0 Å². The van der Waals surface area contributed by atoms with Crippen molar-refractivity contribution >= 4 is 17.3 Å². The number of fused-ring (bicyclic) bond motifs is 6. The number of rotatable bonds is 3. The van der Waals surface area contributed by atoms with Gasteiger partial charge in [-0.2, -0.15) is 5.26 Å². The van der Waals surface area contributed by atoms with E-state index in [1.165, 1.54) is 0 Å². The first-order valence-corrected chi connectivity index (χ1v) is 11.3. The lowest BCUT2D eigenvalue weighted by molar-refractivity contribution is -0.120. The number of unbranched alkanes of at least 4 members (excludes halogenated alkanes) is 1. The van der Waals surface area contributed by atoms with Crippen molar-refractivity contribution in [2.45, 2.75) is 31.6 Å². The zero-order valence-corrected chi connectivity index (χ0v) is 18.4. The minimum Gasteiger partial charge on any atom is -0.454 e. The number of ether oxygens (including phenoxy) is 2. The molecular weight excluding hydrogens is 416 g/mol. The molecule has 0 fully saturated rings. The number of carbonyl (C=O) groups is 1. The van der Waals surface area contributed by atoms with Crippen LogP contribution in [0.25, 0.3) is 5.70 Å². The summed E-state index contributed by atoms with van der Waals surface area (Å²) in [6, 6.07) is 14.0. The Labute approximate surface area is 192 Å². The topological polar surface area (TPSA) is 91.8 Å². The Morgan fingerprint density at radius 1 is 1.21 bits per heavy atom. The molecule has 2 aromatic rings. The number of benzene rings is 2. The van der Waals surface area contributed by atoms with Crippen LogP contribution in [-0.2, 0) is 16.6 Å². The molecule has 7 nitrogen and oxygen atoms in total. The van der Waals surface area contributed by atoms with Crippen LogP contribution in [0.3, 0.4) is 0 Å². The third kappa shape index (κ3) is 2.52. The zero-order valence-electron chi connectivity index (χ0n) is 18.4. The van der Waals surface area contributed by atoms with Gasteiger partial charge in [0, 0.05) is 35.6 Å². The molecule has 0 aliphatic carbocycles. The van der Waals surface area contributed by atoms with Gasteiger partial charge in [-0.3, -0.25) is 4.79 Å². The van der Waals surface area contributed by atoms with Gasteiger partial charge in [-0.1, -0.05) is 31.5 Å². The number of para-hydroxylation sites is 1. The van der Waals surface area contributed by atoms with E-state index in [4.69, 9.17) is 15.2 Å². The molecule has 1 unspecified atom stereocenters. The predicted octanol–water partition coefficient (Wildman–Crippen LogP) is 3.41. The summed E-state index contributed by atoms with van der Waals surface area (Å²) in [6.45, 7) is 3.53. The summed E-state index contributed by atoms with van der Waals surface area (Å²) >= 11 is 0. The molecule has 0 aromatic heterocycles. The predicted molar refractivity (Wildman–Crippen MR) is 123 cm³/mol. The molecule has 4 heterocycles. The van der Waals surface area contributed by atoms with Crippen LogP contribution in [0.15, 0.2) is 53.9 Å². The lowest BCUT2D eigenvalue weighted by atomic mass is 9.71. The van der Waals surface area contributed by atoms with Gasteiger partial charge in [0.15, 0.2) is 11.5 Å². The molecular formula is C26H24N4O3. The molecule has 2 N–H and O–H groups in total. The van der Waals surface area contributed by atoms with Crippen LogP contribution >= 0.6 is 0 Å². The zero-order chi connectivity index (χ0) is 22.7. The van der Waals surface area contributed by atoms with Crippen molar-refractivity contribution in [1.82, 2.24) is 4.90 Å². The molecule has 33 heavy (non-hydrogen) atoms. The van der Waals surface area contributed by atoms with Crippen molar-refractivity contribution in [3.63, 3.8) is 0 Å². The summed E-state index contributed by atoms with van der Waals surface area (Å²) in [7, 11) is 0. The van der Waals surface area contributed by atoms with E-state index < -0.39 is 5.41 Å². The van der Waals surface area contributed by atoms with Crippen LogP contribution in [0.4, 0.5) is 5.69 Å². The van der Waals surface area contributed by atoms with Crippen LogP contribution in [0.5, 0.6) is 11.5 Å². The molecule has 7 heteroatoms. The van der Waals surface area contributed by atoms with Gasteiger partial charge >= 0.3 is 0 Å². The minimum absolute atomic E-state index is 0.114. The number of amides is 1. The third-order valence-electron chi connectivity index (χ3n) is 7.11. The highest BCUT2D eigenvalue weighted by molar-refractivity contribution is 6.14. The number of hydrogen-bond acceptors (Lipinski definition) is 6. The third-order valence-corrected chi connectivity index (χ3v) is 7.11. The van der Waals surface area contributed by atoms with E-state index >= 15 is 0 Å². The lowest BCUT2D eigenvalue weighted by Gasteiger charge is -2.41.